The maximum Gasteiger partial charge on any atom is 0.212 e. The number of hydrogen-bond acceptors (Lipinski definition) is 4. The van der Waals surface area contributed by atoms with Crippen LogP contribution >= 0.6 is 0 Å². The highest BCUT2D eigenvalue weighted by Crippen LogP contribution is 2.20. The molecule has 27 heavy (non-hydrogen) atoms. The van der Waals surface area contributed by atoms with Crippen molar-refractivity contribution in [2.75, 3.05) is 7.11 Å². The van der Waals surface area contributed by atoms with Crippen LogP contribution in [0.4, 0.5) is 0 Å². The minimum atomic E-state index is 0.643. The number of pyridine rings is 3. The molecule has 0 aliphatic rings. The maximum atomic E-state index is 5.09. The number of hydrogen-bond donors (Lipinski definition) is 1. The van der Waals surface area contributed by atoms with Crippen molar-refractivity contribution >= 4 is 11.0 Å². The Morgan fingerprint density at radius 1 is 0.926 bits per heavy atom. The summed E-state index contributed by atoms with van der Waals surface area (Å²) in [5.41, 5.74) is 6.83. The number of fused-ring (bicyclic) bond motifs is 1. The van der Waals surface area contributed by atoms with Gasteiger partial charge in [0.1, 0.15) is 5.65 Å². The number of rotatable bonds is 6. The Morgan fingerprint density at radius 3 is 2.52 bits per heavy atom. The van der Waals surface area contributed by atoms with E-state index in [9.17, 15) is 0 Å². The first-order valence-corrected chi connectivity index (χ1v) is 9.06. The van der Waals surface area contributed by atoms with Gasteiger partial charge in [-0.05, 0) is 54.2 Å². The van der Waals surface area contributed by atoms with Crippen molar-refractivity contribution in [1.29, 1.82) is 0 Å². The van der Waals surface area contributed by atoms with Crippen molar-refractivity contribution in [3.8, 4) is 5.88 Å². The lowest BCUT2D eigenvalue weighted by atomic mass is 10.0. The van der Waals surface area contributed by atoms with Gasteiger partial charge in [0.25, 0.3) is 0 Å². The largest absolute Gasteiger partial charge is 0.481 e. The lowest BCUT2D eigenvalue weighted by molar-refractivity contribution is 0.397. The molecule has 5 nitrogen and oxygen atoms in total. The maximum absolute atomic E-state index is 5.09. The molecule has 4 rings (SSSR count). The van der Waals surface area contributed by atoms with E-state index in [-0.39, 0.29) is 0 Å². The quantitative estimate of drug-likeness (QED) is 0.565. The fraction of sp³-hybridized carbons (Fsp3) is 0.227. The summed E-state index contributed by atoms with van der Waals surface area (Å²) in [6.07, 6.45) is 10.4. The molecule has 1 N–H and O–H groups in total. The van der Waals surface area contributed by atoms with E-state index in [1.807, 2.05) is 36.9 Å². The zero-order valence-corrected chi connectivity index (χ0v) is 15.6. The zero-order valence-electron chi connectivity index (χ0n) is 15.6. The number of nitrogens with one attached hydrogen (secondary N) is 1. The van der Waals surface area contributed by atoms with Gasteiger partial charge in [0.15, 0.2) is 0 Å². The van der Waals surface area contributed by atoms with Crippen LogP contribution in [0.2, 0.25) is 0 Å². The van der Waals surface area contributed by atoms with E-state index in [2.05, 4.69) is 45.1 Å². The van der Waals surface area contributed by atoms with Crippen LogP contribution in [0.3, 0.4) is 0 Å². The third-order valence-corrected chi connectivity index (χ3v) is 4.71. The lowest BCUT2D eigenvalue weighted by Crippen LogP contribution is -1.97. The molecule has 0 radical (unpaired) electrons. The molecule has 0 aliphatic carbocycles. The van der Waals surface area contributed by atoms with Crippen molar-refractivity contribution < 1.29 is 4.74 Å². The fourth-order valence-corrected chi connectivity index (χ4v) is 3.19. The molecule has 0 aromatic carbocycles. The highest BCUT2D eigenvalue weighted by atomic mass is 16.5. The molecule has 0 fully saturated rings. The summed E-state index contributed by atoms with van der Waals surface area (Å²) >= 11 is 0. The van der Waals surface area contributed by atoms with Crippen LogP contribution in [-0.2, 0) is 19.3 Å². The third kappa shape index (κ3) is 3.97. The minimum absolute atomic E-state index is 0.643. The molecule has 0 amide bonds. The van der Waals surface area contributed by atoms with Crippen LogP contribution in [0.5, 0.6) is 5.88 Å². The van der Waals surface area contributed by atoms with E-state index < -0.39 is 0 Å². The molecule has 4 aromatic heterocycles. The van der Waals surface area contributed by atoms with Crippen LogP contribution in [-0.4, -0.2) is 27.0 Å². The molecule has 5 heteroatoms. The molecule has 0 saturated heterocycles. The number of H-pyrrole nitrogens is 1. The minimum Gasteiger partial charge on any atom is -0.481 e. The summed E-state index contributed by atoms with van der Waals surface area (Å²) in [6.45, 7) is 2.07. The summed E-state index contributed by atoms with van der Waals surface area (Å²) in [5, 5.41) is 1.19. The molecular weight excluding hydrogens is 336 g/mol. The van der Waals surface area contributed by atoms with Gasteiger partial charge in [-0.1, -0.05) is 12.1 Å². The van der Waals surface area contributed by atoms with Crippen LogP contribution in [0.15, 0.2) is 55.1 Å². The first-order chi connectivity index (χ1) is 13.2. The molecule has 0 spiro atoms. The molecular formula is C22H22N4O. The Labute approximate surface area is 158 Å². The molecule has 0 aliphatic heterocycles. The lowest BCUT2D eigenvalue weighted by Gasteiger charge is -2.05. The van der Waals surface area contributed by atoms with Gasteiger partial charge >= 0.3 is 0 Å². The molecule has 4 aromatic rings. The standard InChI is InChI=1S/C22H22N4O/c1-15-9-20-18(14-26-22(20)25-11-15)10-17-4-7-19(23-13-17)6-3-16-5-8-21(27-2)24-12-16/h4-5,7-9,11-14H,3,6,10H2,1-2H3,(H,25,26). The van der Waals surface area contributed by atoms with Crippen LogP contribution < -0.4 is 4.74 Å². The number of aromatic nitrogens is 4. The predicted molar refractivity (Wildman–Crippen MR) is 106 cm³/mol. The van der Waals surface area contributed by atoms with Crippen molar-refractivity contribution in [3.63, 3.8) is 0 Å². The molecule has 0 bridgehead atoms. The predicted octanol–water partition coefficient (Wildman–Crippen LogP) is 4.05. The van der Waals surface area contributed by atoms with Gasteiger partial charge in [-0.3, -0.25) is 4.98 Å². The van der Waals surface area contributed by atoms with Gasteiger partial charge in [0.2, 0.25) is 5.88 Å². The number of aromatic amines is 1. The highest BCUT2D eigenvalue weighted by molar-refractivity contribution is 5.80. The second-order valence-corrected chi connectivity index (χ2v) is 6.77. The second-order valence-electron chi connectivity index (χ2n) is 6.77. The summed E-state index contributed by atoms with van der Waals surface area (Å²) in [4.78, 5) is 16.6. The highest BCUT2D eigenvalue weighted by Gasteiger charge is 2.07. The number of aryl methyl sites for hydroxylation is 3. The second kappa shape index (κ2) is 7.58. The monoisotopic (exact) mass is 358 g/mol. The zero-order chi connectivity index (χ0) is 18.6. The number of nitrogens with zero attached hydrogens (tertiary/aromatic N) is 3. The Kier molecular flexibility index (Phi) is 4.83. The topological polar surface area (TPSA) is 63.7 Å². The summed E-state index contributed by atoms with van der Waals surface area (Å²) < 4.78 is 5.09. The Morgan fingerprint density at radius 2 is 1.78 bits per heavy atom. The summed E-state index contributed by atoms with van der Waals surface area (Å²) in [5.74, 6) is 0.643. The van der Waals surface area contributed by atoms with Gasteiger partial charge in [-0.2, -0.15) is 0 Å². The normalized spacial score (nSPS) is 11.0. The first-order valence-electron chi connectivity index (χ1n) is 9.06. The van der Waals surface area contributed by atoms with Crippen LogP contribution in [0, 0.1) is 6.92 Å². The SMILES string of the molecule is COc1ccc(CCc2ccc(Cc3c[nH]c4ncc(C)cc34)cn2)cn1. The van der Waals surface area contributed by atoms with Crippen LogP contribution in [0.1, 0.15) is 27.9 Å². The molecule has 136 valence electrons. The number of methoxy groups -OCH3 is 1. The van der Waals surface area contributed by atoms with E-state index in [4.69, 9.17) is 4.74 Å². The third-order valence-electron chi connectivity index (χ3n) is 4.71. The smallest absolute Gasteiger partial charge is 0.212 e. The Bertz CT molecular complexity index is 1040. The van der Waals surface area contributed by atoms with Crippen molar-refractivity contribution in [3.05, 3.63) is 83.1 Å². The van der Waals surface area contributed by atoms with Gasteiger partial charge in [-0.25, -0.2) is 9.97 Å². The van der Waals surface area contributed by atoms with Crippen LogP contribution in [0.25, 0.3) is 11.0 Å². The van der Waals surface area contributed by atoms with Gasteiger partial charge in [0, 0.05) is 48.4 Å². The van der Waals surface area contributed by atoms with E-state index in [1.54, 1.807) is 7.11 Å². The molecule has 0 unspecified atom stereocenters. The Balaban J connectivity index is 1.41. The van der Waals surface area contributed by atoms with E-state index in [0.29, 0.717) is 5.88 Å². The van der Waals surface area contributed by atoms with Gasteiger partial charge < -0.3 is 9.72 Å². The van der Waals surface area contributed by atoms with Crippen molar-refractivity contribution in [1.82, 2.24) is 19.9 Å². The van der Waals surface area contributed by atoms with E-state index >= 15 is 0 Å². The average Bonchev–Trinajstić information content (AvgIpc) is 3.10. The molecule has 4 heterocycles. The number of ether oxygens (including phenoxy) is 1. The van der Waals surface area contributed by atoms with E-state index in [1.165, 1.54) is 27.6 Å². The van der Waals surface area contributed by atoms with E-state index in [0.717, 1.165) is 30.6 Å². The van der Waals surface area contributed by atoms with Gasteiger partial charge in [-0.15, -0.1) is 0 Å². The average molecular weight is 358 g/mol. The van der Waals surface area contributed by atoms with Crippen molar-refractivity contribution in [2.24, 2.45) is 0 Å². The molecule has 0 atom stereocenters. The first kappa shape index (κ1) is 17.2. The molecule has 0 saturated carbocycles. The Hall–Kier alpha value is -3.21. The van der Waals surface area contributed by atoms with Gasteiger partial charge in [0.05, 0.1) is 7.11 Å². The summed E-state index contributed by atoms with van der Waals surface area (Å²) in [6, 6.07) is 10.4. The fourth-order valence-electron chi connectivity index (χ4n) is 3.19. The summed E-state index contributed by atoms with van der Waals surface area (Å²) in [7, 11) is 1.63. The van der Waals surface area contributed by atoms with Crippen molar-refractivity contribution in [2.45, 2.75) is 26.2 Å².